The van der Waals surface area contributed by atoms with Gasteiger partial charge in [-0.2, -0.15) is 0 Å². The van der Waals surface area contributed by atoms with Crippen LogP contribution in [0, 0.1) is 12.7 Å². The van der Waals surface area contributed by atoms with Gasteiger partial charge in [0, 0.05) is 24.5 Å². The average molecular weight is 574 g/mol. The van der Waals surface area contributed by atoms with Crippen molar-refractivity contribution in [1.29, 1.82) is 0 Å². The Hall–Kier alpha value is -3.43. The molecule has 0 aliphatic carbocycles. The topological polar surface area (TPSA) is 86.8 Å². The minimum absolute atomic E-state index is 0.0254. The largest absolute Gasteiger partial charge is 0.354 e. The molecule has 0 saturated carbocycles. The molecule has 0 fully saturated rings. The summed E-state index contributed by atoms with van der Waals surface area (Å²) >= 11 is 6.26. The van der Waals surface area contributed by atoms with Gasteiger partial charge in [0.2, 0.25) is 21.8 Å². The van der Waals surface area contributed by atoms with Crippen LogP contribution in [0.4, 0.5) is 10.1 Å². The fourth-order valence-electron chi connectivity index (χ4n) is 4.06. The molecule has 1 N–H and O–H groups in total. The van der Waals surface area contributed by atoms with E-state index in [1.807, 2.05) is 37.3 Å². The zero-order valence-electron chi connectivity index (χ0n) is 22.2. The number of sulfonamides is 1. The zero-order valence-corrected chi connectivity index (χ0v) is 23.8. The van der Waals surface area contributed by atoms with Gasteiger partial charge in [-0.3, -0.25) is 13.9 Å². The number of rotatable bonds is 12. The minimum Gasteiger partial charge on any atom is -0.354 e. The molecule has 3 aromatic rings. The van der Waals surface area contributed by atoms with Gasteiger partial charge in [-0.1, -0.05) is 67.1 Å². The first kappa shape index (κ1) is 30.1. The van der Waals surface area contributed by atoms with Crippen molar-refractivity contribution in [2.45, 2.75) is 39.3 Å². The van der Waals surface area contributed by atoms with Gasteiger partial charge in [-0.05, 0) is 54.3 Å². The first-order valence-corrected chi connectivity index (χ1v) is 14.8. The van der Waals surface area contributed by atoms with Gasteiger partial charge in [0.25, 0.3) is 0 Å². The highest BCUT2D eigenvalue weighted by Gasteiger charge is 2.33. The molecular formula is C29H33ClFN3O4S. The summed E-state index contributed by atoms with van der Waals surface area (Å²) < 4.78 is 40.2. The Morgan fingerprint density at radius 2 is 1.67 bits per heavy atom. The Morgan fingerprint density at radius 1 is 1.00 bits per heavy atom. The fourth-order valence-corrected chi connectivity index (χ4v) is 5.07. The highest BCUT2D eigenvalue weighted by Crippen LogP contribution is 2.25. The second-order valence-electron chi connectivity index (χ2n) is 9.35. The van der Waals surface area contributed by atoms with Crippen LogP contribution >= 0.6 is 11.6 Å². The van der Waals surface area contributed by atoms with Crippen LogP contribution in [-0.4, -0.2) is 50.5 Å². The van der Waals surface area contributed by atoms with Gasteiger partial charge in [0.05, 0.1) is 11.9 Å². The maximum atomic E-state index is 13.9. The van der Waals surface area contributed by atoms with Crippen molar-refractivity contribution < 1.29 is 22.4 Å². The summed E-state index contributed by atoms with van der Waals surface area (Å²) in [5.74, 6) is -1.38. The third-order valence-electron chi connectivity index (χ3n) is 6.21. The van der Waals surface area contributed by atoms with Crippen LogP contribution in [0.1, 0.15) is 30.0 Å². The quantitative estimate of drug-likeness (QED) is 0.340. The van der Waals surface area contributed by atoms with Crippen molar-refractivity contribution in [3.8, 4) is 0 Å². The molecule has 208 valence electrons. The Kier molecular flexibility index (Phi) is 10.5. The summed E-state index contributed by atoms with van der Waals surface area (Å²) in [7, 11) is -3.90. The van der Waals surface area contributed by atoms with E-state index in [1.165, 1.54) is 35.2 Å². The summed E-state index contributed by atoms with van der Waals surface area (Å²) in [5, 5.41) is 3.23. The molecule has 0 bridgehead atoms. The van der Waals surface area contributed by atoms with Gasteiger partial charge in [-0.25, -0.2) is 12.8 Å². The van der Waals surface area contributed by atoms with Crippen LogP contribution in [0.2, 0.25) is 5.02 Å². The molecule has 0 saturated heterocycles. The molecule has 2 amide bonds. The van der Waals surface area contributed by atoms with Crippen LogP contribution in [0.15, 0.2) is 72.8 Å². The van der Waals surface area contributed by atoms with Crippen LogP contribution in [0.5, 0.6) is 0 Å². The predicted octanol–water partition coefficient (Wildman–Crippen LogP) is 4.72. The average Bonchev–Trinajstić information content (AvgIpc) is 2.90. The predicted molar refractivity (Wildman–Crippen MR) is 153 cm³/mol. The first-order chi connectivity index (χ1) is 18.5. The first-order valence-electron chi connectivity index (χ1n) is 12.6. The van der Waals surface area contributed by atoms with Gasteiger partial charge in [-0.15, -0.1) is 0 Å². The standard InChI is InChI=1S/C29H33ClFN3O4S/c1-4-16-32-29(36)27(17-22-8-6-5-7-9-22)33(19-23-11-13-24(31)14-12-23)28(35)20-34(39(3,37)38)25-15-10-21(2)26(30)18-25/h5-15,18,27H,4,16-17,19-20H2,1-3H3,(H,32,36)/t27-/m0/s1. The lowest BCUT2D eigenvalue weighted by Crippen LogP contribution is -2.53. The van der Waals surface area contributed by atoms with Crippen LogP contribution < -0.4 is 9.62 Å². The summed E-state index contributed by atoms with van der Waals surface area (Å²) in [6, 6.07) is 18.7. The van der Waals surface area contributed by atoms with Crippen LogP contribution in [-0.2, 0) is 32.6 Å². The highest BCUT2D eigenvalue weighted by atomic mass is 35.5. The van der Waals surface area contributed by atoms with Crippen molar-refractivity contribution in [2.24, 2.45) is 0 Å². The van der Waals surface area contributed by atoms with Gasteiger partial charge < -0.3 is 10.2 Å². The molecular weight excluding hydrogens is 541 g/mol. The molecule has 10 heteroatoms. The second-order valence-corrected chi connectivity index (χ2v) is 11.7. The number of carbonyl (C=O) groups excluding carboxylic acids is 2. The SMILES string of the molecule is CCCNC(=O)[C@H](Cc1ccccc1)N(Cc1ccc(F)cc1)C(=O)CN(c1ccc(C)c(Cl)c1)S(C)(=O)=O. The lowest BCUT2D eigenvalue weighted by molar-refractivity contribution is -0.140. The van der Waals surface area contributed by atoms with Crippen molar-refractivity contribution in [2.75, 3.05) is 23.7 Å². The summed E-state index contributed by atoms with van der Waals surface area (Å²) in [4.78, 5) is 28.7. The molecule has 0 aliphatic heterocycles. The molecule has 0 heterocycles. The number of anilines is 1. The number of benzene rings is 3. The number of hydrogen-bond acceptors (Lipinski definition) is 4. The van der Waals surface area contributed by atoms with Crippen LogP contribution in [0.25, 0.3) is 0 Å². The van der Waals surface area contributed by atoms with E-state index in [2.05, 4.69) is 5.32 Å². The number of hydrogen-bond donors (Lipinski definition) is 1. The lowest BCUT2D eigenvalue weighted by Gasteiger charge is -2.33. The van der Waals surface area contributed by atoms with Crippen molar-refractivity contribution in [1.82, 2.24) is 10.2 Å². The molecule has 0 spiro atoms. The Labute approximate surface area is 234 Å². The molecule has 0 unspecified atom stereocenters. The monoisotopic (exact) mass is 573 g/mol. The molecule has 3 rings (SSSR count). The summed E-state index contributed by atoms with van der Waals surface area (Å²) in [5.41, 5.74) is 2.42. The number of amides is 2. The van der Waals surface area contributed by atoms with E-state index in [1.54, 1.807) is 19.1 Å². The Morgan fingerprint density at radius 3 is 2.26 bits per heavy atom. The van der Waals surface area contributed by atoms with Gasteiger partial charge in [0.1, 0.15) is 18.4 Å². The Bertz CT molecular complexity index is 1390. The molecule has 7 nitrogen and oxygen atoms in total. The van der Waals surface area contributed by atoms with Crippen molar-refractivity contribution in [3.05, 3.63) is 100 Å². The fraction of sp³-hybridized carbons (Fsp3) is 0.310. The van der Waals surface area contributed by atoms with E-state index in [4.69, 9.17) is 11.6 Å². The molecule has 0 aliphatic rings. The third-order valence-corrected chi connectivity index (χ3v) is 7.76. The molecule has 0 aromatic heterocycles. The van der Waals surface area contributed by atoms with E-state index in [9.17, 15) is 22.4 Å². The van der Waals surface area contributed by atoms with Gasteiger partial charge >= 0.3 is 0 Å². The summed E-state index contributed by atoms with van der Waals surface area (Å²) in [6.45, 7) is 3.55. The minimum atomic E-state index is -3.90. The van der Waals surface area contributed by atoms with E-state index >= 15 is 0 Å². The number of carbonyl (C=O) groups is 2. The van der Waals surface area contributed by atoms with E-state index < -0.39 is 34.3 Å². The zero-order chi connectivity index (χ0) is 28.6. The third kappa shape index (κ3) is 8.53. The van der Waals surface area contributed by atoms with E-state index in [-0.39, 0.29) is 24.6 Å². The van der Waals surface area contributed by atoms with Gasteiger partial charge in [0.15, 0.2) is 0 Å². The normalized spacial score (nSPS) is 12.0. The molecule has 39 heavy (non-hydrogen) atoms. The molecule has 0 radical (unpaired) electrons. The van der Waals surface area contributed by atoms with Crippen LogP contribution in [0.3, 0.4) is 0 Å². The maximum Gasteiger partial charge on any atom is 0.244 e. The molecule has 3 aromatic carbocycles. The van der Waals surface area contributed by atoms with E-state index in [0.29, 0.717) is 23.6 Å². The van der Waals surface area contributed by atoms with E-state index in [0.717, 1.165) is 21.7 Å². The smallest absolute Gasteiger partial charge is 0.244 e. The van der Waals surface area contributed by atoms with Crippen molar-refractivity contribution >= 4 is 39.1 Å². The number of nitrogens with one attached hydrogen (secondary N) is 1. The lowest BCUT2D eigenvalue weighted by atomic mass is 10.0. The maximum absolute atomic E-state index is 13.9. The van der Waals surface area contributed by atoms with Crippen molar-refractivity contribution in [3.63, 3.8) is 0 Å². The number of aryl methyl sites for hydroxylation is 1. The Balaban J connectivity index is 2.04. The summed E-state index contributed by atoms with van der Waals surface area (Å²) in [6.07, 6.45) is 1.91. The second kappa shape index (κ2) is 13.6. The highest BCUT2D eigenvalue weighted by molar-refractivity contribution is 7.92. The molecule has 1 atom stereocenters. The number of halogens is 2. The number of nitrogens with zero attached hydrogens (tertiary/aromatic N) is 2.